The summed E-state index contributed by atoms with van der Waals surface area (Å²) in [6.07, 6.45) is 1.19. The SMILES string of the molecule is Cc1n[nH]c(=S)n(/N=C\c2ccc([O-])c([N+](=O)[O-])c2)c1=O. The van der Waals surface area contributed by atoms with Crippen molar-refractivity contribution in [1.82, 2.24) is 14.9 Å². The molecule has 0 aliphatic carbocycles. The molecule has 21 heavy (non-hydrogen) atoms. The largest absolute Gasteiger partial charge is 0.868 e. The molecule has 0 spiro atoms. The Morgan fingerprint density at radius 1 is 1.52 bits per heavy atom. The van der Waals surface area contributed by atoms with Crippen LogP contribution in [0.3, 0.4) is 0 Å². The predicted molar refractivity (Wildman–Crippen MR) is 74.0 cm³/mol. The minimum Gasteiger partial charge on any atom is -0.868 e. The molecule has 0 saturated carbocycles. The van der Waals surface area contributed by atoms with E-state index < -0.39 is 21.9 Å². The third-order valence-electron chi connectivity index (χ3n) is 2.52. The molecule has 2 aromatic rings. The maximum Gasteiger partial charge on any atom is 0.296 e. The van der Waals surface area contributed by atoms with Crippen LogP contribution in [0, 0.1) is 21.8 Å². The van der Waals surface area contributed by atoms with E-state index in [0.29, 0.717) is 0 Å². The van der Waals surface area contributed by atoms with Gasteiger partial charge in [-0.2, -0.15) is 14.9 Å². The fraction of sp³-hybridized carbons (Fsp3) is 0.0909. The van der Waals surface area contributed by atoms with Crippen molar-refractivity contribution < 1.29 is 10.0 Å². The summed E-state index contributed by atoms with van der Waals surface area (Å²) in [6.45, 7) is 1.48. The molecule has 0 atom stereocenters. The highest BCUT2D eigenvalue weighted by Gasteiger charge is 2.07. The van der Waals surface area contributed by atoms with Gasteiger partial charge in [0.15, 0.2) is 0 Å². The maximum atomic E-state index is 11.8. The number of nitrogens with zero attached hydrogens (tertiary/aromatic N) is 4. The number of nitro groups is 1. The van der Waals surface area contributed by atoms with E-state index in [9.17, 15) is 20.0 Å². The van der Waals surface area contributed by atoms with E-state index in [1.165, 1.54) is 19.2 Å². The summed E-state index contributed by atoms with van der Waals surface area (Å²) in [5.41, 5.74) is -0.619. The zero-order valence-corrected chi connectivity index (χ0v) is 11.5. The lowest BCUT2D eigenvalue weighted by atomic mass is 10.2. The number of hydrogen-bond donors (Lipinski definition) is 1. The molecule has 0 unspecified atom stereocenters. The highest BCUT2D eigenvalue weighted by Crippen LogP contribution is 2.22. The first-order chi connectivity index (χ1) is 9.90. The standard InChI is InChI=1S/C11H9N5O4S/c1-6-10(18)15(11(21)14-13-6)12-5-7-2-3-9(17)8(4-7)16(19)20/h2-5,17H,1H3,(H,14,21)/p-1/b12-5-. The van der Waals surface area contributed by atoms with Crippen molar-refractivity contribution in [2.75, 3.05) is 0 Å². The average Bonchev–Trinajstić information content (AvgIpc) is 2.44. The summed E-state index contributed by atoms with van der Waals surface area (Å²) in [6, 6.07) is 3.48. The van der Waals surface area contributed by atoms with Gasteiger partial charge in [0.25, 0.3) is 11.2 Å². The Bertz CT molecular complexity index is 854. The van der Waals surface area contributed by atoms with Crippen molar-refractivity contribution in [3.05, 3.63) is 54.7 Å². The minimum absolute atomic E-state index is 0.0169. The van der Waals surface area contributed by atoms with Crippen LogP contribution in [0.2, 0.25) is 0 Å². The molecular formula is C11H8N5O4S-. The number of hydrogen-bond acceptors (Lipinski definition) is 7. The van der Waals surface area contributed by atoms with Crippen molar-refractivity contribution in [2.45, 2.75) is 6.92 Å². The van der Waals surface area contributed by atoms with Crippen LogP contribution in [0.25, 0.3) is 0 Å². The van der Waals surface area contributed by atoms with Crippen LogP contribution >= 0.6 is 12.2 Å². The van der Waals surface area contributed by atoms with E-state index >= 15 is 0 Å². The van der Waals surface area contributed by atoms with Crippen LogP contribution in [0.1, 0.15) is 11.3 Å². The molecule has 0 amide bonds. The smallest absolute Gasteiger partial charge is 0.296 e. The van der Waals surface area contributed by atoms with Crippen molar-refractivity contribution in [3.63, 3.8) is 0 Å². The number of nitrogens with one attached hydrogen (secondary N) is 1. The number of rotatable bonds is 3. The summed E-state index contributed by atoms with van der Waals surface area (Å²) in [5.74, 6) is -0.702. The molecule has 0 fully saturated rings. The predicted octanol–water partition coefficient (Wildman–Crippen LogP) is 0.473. The van der Waals surface area contributed by atoms with Crippen LogP contribution in [0.5, 0.6) is 5.75 Å². The van der Waals surface area contributed by atoms with Crippen LogP contribution < -0.4 is 10.7 Å². The first-order valence-electron chi connectivity index (χ1n) is 5.58. The van der Waals surface area contributed by atoms with Crippen molar-refractivity contribution in [2.24, 2.45) is 5.10 Å². The topological polar surface area (TPSA) is 129 Å². The van der Waals surface area contributed by atoms with Gasteiger partial charge in [0.1, 0.15) is 5.69 Å². The highest BCUT2D eigenvalue weighted by molar-refractivity contribution is 7.71. The Hall–Kier alpha value is -2.88. The van der Waals surface area contributed by atoms with Gasteiger partial charge in [-0.15, -0.1) is 0 Å². The quantitative estimate of drug-likeness (QED) is 0.380. The second kappa shape index (κ2) is 5.63. The van der Waals surface area contributed by atoms with Gasteiger partial charge in [0.05, 0.1) is 11.1 Å². The summed E-state index contributed by atoms with van der Waals surface area (Å²) in [7, 11) is 0. The average molecular weight is 306 g/mol. The first-order valence-corrected chi connectivity index (χ1v) is 5.99. The van der Waals surface area contributed by atoms with Gasteiger partial charge in [-0.3, -0.25) is 20.0 Å². The van der Waals surface area contributed by atoms with Gasteiger partial charge in [0.2, 0.25) is 4.77 Å². The van der Waals surface area contributed by atoms with E-state index in [0.717, 1.165) is 16.8 Å². The molecule has 2 rings (SSSR count). The van der Waals surface area contributed by atoms with Gasteiger partial charge in [-0.05, 0) is 24.9 Å². The fourth-order valence-corrected chi connectivity index (χ4v) is 1.63. The Balaban J connectivity index is 2.46. The van der Waals surface area contributed by atoms with E-state index in [4.69, 9.17) is 12.2 Å². The zero-order chi connectivity index (χ0) is 15.6. The van der Waals surface area contributed by atoms with Gasteiger partial charge in [-0.25, -0.2) is 0 Å². The Kier molecular flexibility index (Phi) is 3.89. The zero-order valence-electron chi connectivity index (χ0n) is 10.6. The summed E-state index contributed by atoms with van der Waals surface area (Å²) >= 11 is 4.88. The molecule has 0 aliphatic rings. The van der Waals surface area contributed by atoms with E-state index in [1.54, 1.807) is 0 Å². The van der Waals surface area contributed by atoms with Gasteiger partial charge in [0, 0.05) is 11.6 Å². The van der Waals surface area contributed by atoms with Crippen LogP contribution in [-0.2, 0) is 0 Å². The Morgan fingerprint density at radius 3 is 2.90 bits per heavy atom. The molecule has 108 valence electrons. The second-order valence-corrected chi connectivity index (χ2v) is 4.35. The molecule has 1 N–H and O–H groups in total. The van der Waals surface area contributed by atoms with E-state index in [-0.39, 0.29) is 16.0 Å². The molecule has 0 bridgehead atoms. The van der Waals surface area contributed by atoms with Gasteiger partial charge in [-0.1, -0.05) is 12.1 Å². The summed E-state index contributed by atoms with van der Waals surface area (Å²) in [4.78, 5) is 21.7. The molecule has 1 aromatic carbocycles. The number of aryl methyl sites for hydroxylation is 1. The molecule has 9 nitrogen and oxygen atoms in total. The molecule has 10 heteroatoms. The number of H-pyrrole nitrogens is 1. The maximum absolute atomic E-state index is 11.8. The number of aromatic amines is 1. The van der Waals surface area contributed by atoms with Crippen molar-refractivity contribution in [1.29, 1.82) is 0 Å². The molecule has 1 aromatic heterocycles. The normalized spacial score (nSPS) is 10.9. The third kappa shape index (κ3) is 3.00. The van der Waals surface area contributed by atoms with Crippen molar-refractivity contribution >= 4 is 24.1 Å². The third-order valence-corrected chi connectivity index (χ3v) is 2.78. The number of aromatic nitrogens is 3. The van der Waals surface area contributed by atoms with Crippen LogP contribution in [0.4, 0.5) is 5.69 Å². The van der Waals surface area contributed by atoms with E-state index in [1.807, 2.05) is 0 Å². The van der Waals surface area contributed by atoms with Gasteiger partial charge < -0.3 is 5.11 Å². The Morgan fingerprint density at radius 2 is 2.24 bits per heavy atom. The lowest BCUT2D eigenvalue weighted by Crippen LogP contribution is -2.22. The summed E-state index contributed by atoms with van der Waals surface area (Å²) < 4.78 is 0.881. The fourth-order valence-electron chi connectivity index (χ4n) is 1.46. The first kappa shape index (κ1) is 14.5. The molecule has 0 radical (unpaired) electrons. The molecule has 1 heterocycles. The molecular weight excluding hydrogens is 298 g/mol. The summed E-state index contributed by atoms with van der Waals surface area (Å²) in [5, 5.41) is 31.9. The van der Waals surface area contributed by atoms with Gasteiger partial charge >= 0.3 is 0 Å². The lowest BCUT2D eigenvalue weighted by Gasteiger charge is -2.06. The van der Waals surface area contributed by atoms with Crippen LogP contribution in [0.15, 0.2) is 28.1 Å². The number of nitro benzene ring substituents is 1. The lowest BCUT2D eigenvalue weighted by molar-refractivity contribution is -0.398. The number of benzene rings is 1. The molecule has 0 saturated heterocycles. The molecule has 0 aliphatic heterocycles. The van der Waals surface area contributed by atoms with E-state index in [2.05, 4.69) is 15.3 Å². The minimum atomic E-state index is -0.783. The van der Waals surface area contributed by atoms with Crippen molar-refractivity contribution in [3.8, 4) is 5.75 Å². The second-order valence-electron chi connectivity index (χ2n) is 3.96. The highest BCUT2D eigenvalue weighted by atomic mass is 32.1. The Labute approximate surface area is 122 Å². The van der Waals surface area contributed by atoms with Crippen LogP contribution in [-0.4, -0.2) is 26.0 Å². The monoisotopic (exact) mass is 306 g/mol.